The highest BCUT2D eigenvalue weighted by atomic mass is 15.1. The van der Waals surface area contributed by atoms with Gasteiger partial charge in [0.15, 0.2) is 0 Å². The van der Waals surface area contributed by atoms with Crippen LogP contribution in [0.25, 0.3) is 0 Å². The Morgan fingerprint density at radius 2 is 2.33 bits per heavy atom. The molecule has 0 aromatic carbocycles. The average Bonchev–Trinajstić information content (AvgIpc) is 2.34. The third kappa shape index (κ3) is 1.67. The van der Waals surface area contributed by atoms with Crippen molar-refractivity contribution in [3.05, 3.63) is 17.7 Å². The Hall–Kier alpha value is -0.830. The smallest absolute Gasteiger partial charge is 0.105 e. The van der Waals surface area contributed by atoms with Crippen LogP contribution in [0, 0.1) is 6.92 Å². The van der Waals surface area contributed by atoms with Crippen molar-refractivity contribution in [3.8, 4) is 0 Å². The summed E-state index contributed by atoms with van der Waals surface area (Å²) in [7, 11) is 2.01. The topological polar surface area (TPSA) is 43.8 Å². The number of aryl methyl sites for hydroxylation is 1. The molecule has 0 saturated carbocycles. The van der Waals surface area contributed by atoms with Crippen LogP contribution in [-0.2, 0) is 7.05 Å². The molecule has 0 radical (unpaired) electrons. The van der Waals surface area contributed by atoms with Crippen LogP contribution < -0.4 is 5.73 Å². The van der Waals surface area contributed by atoms with E-state index in [1.807, 2.05) is 20.2 Å². The lowest BCUT2D eigenvalue weighted by Gasteiger charge is -2.10. The number of rotatable bonds is 3. The van der Waals surface area contributed by atoms with Crippen molar-refractivity contribution in [1.29, 1.82) is 0 Å². The maximum atomic E-state index is 5.96. The van der Waals surface area contributed by atoms with E-state index in [2.05, 4.69) is 16.5 Å². The van der Waals surface area contributed by atoms with Gasteiger partial charge >= 0.3 is 0 Å². The SMILES string of the molecule is CCCC(N)c1cnc(C)n1C. The van der Waals surface area contributed by atoms with Crippen molar-refractivity contribution < 1.29 is 0 Å². The number of hydrogen-bond donors (Lipinski definition) is 1. The van der Waals surface area contributed by atoms with Crippen LogP contribution in [0.3, 0.4) is 0 Å². The second-order valence-corrected chi connectivity index (χ2v) is 3.18. The molecule has 12 heavy (non-hydrogen) atoms. The van der Waals surface area contributed by atoms with E-state index in [9.17, 15) is 0 Å². The van der Waals surface area contributed by atoms with E-state index in [1.165, 1.54) is 0 Å². The Kier molecular flexibility index (Phi) is 2.87. The molecule has 1 aromatic rings. The fourth-order valence-electron chi connectivity index (χ4n) is 1.32. The highest BCUT2D eigenvalue weighted by molar-refractivity contribution is 5.08. The molecule has 0 bridgehead atoms. The number of nitrogens with two attached hydrogens (primary N) is 1. The summed E-state index contributed by atoms with van der Waals surface area (Å²) in [6, 6.07) is 0.140. The normalized spacial score (nSPS) is 13.3. The maximum Gasteiger partial charge on any atom is 0.105 e. The first-order valence-electron chi connectivity index (χ1n) is 4.40. The van der Waals surface area contributed by atoms with Gasteiger partial charge in [0.05, 0.1) is 11.9 Å². The van der Waals surface area contributed by atoms with E-state index >= 15 is 0 Å². The molecule has 68 valence electrons. The summed E-state index contributed by atoms with van der Waals surface area (Å²) < 4.78 is 2.06. The average molecular weight is 167 g/mol. The zero-order chi connectivity index (χ0) is 9.14. The van der Waals surface area contributed by atoms with Crippen molar-refractivity contribution >= 4 is 0 Å². The number of nitrogens with zero attached hydrogens (tertiary/aromatic N) is 2. The first-order valence-corrected chi connectivity index (χ1v) is 4.40. The van der Waals surface area contributed by atoms with Crippen LogP contribution in [-0.4, -0.2) is 9.55 Å². The predicted molar refractivity (Wildman–Crippen MR) is 49.8 cm³/mol. The van der Waals surface area contributed by atoms with Crippen LogP contribution in [0.1, 0.15) is 37.3 Å². The van der Waals surface area contributed by atoms with Crippen molar-refractivity contribution in [2.75, 3.05) is 0 Å². The van der Waals surface area contributed by atoms with Crippen LogP contribution in [0.2, 0.25) is 0 Å². The monoisotopic (exact) mass is 167 g/mol. The molecule has 2 N–H and O–H groups in total. The third-order valence-electron chi connectivity index (χ3n) is 2.24. The van der Waals surface area contributed by atoms with Gasteiger partial charge in [0, 0.05) is 13.1 Å². The molecule has 1 atom stereocenters. The molecule has 3 heteroatoms. The van der Waals surface area contributed by atoms with Gasteiger partial charge in [-0.25, -0.2) is 4.98 Å². The molecule has 0 fully saturated rings. The van der Waals surface area contributed by atoms with Gasteiger partial charge in [-0.3, -0.25) is 0 Å². The fourth-order valence-corrected chi connectivity index (χ4v) is 1.32. The minimum absolute atomic E-state index is 0.140. The third-order valence-corrected chi connectivity index (χ3v) is 2.24. The number of hydrogen-bond acceptors (Lipinski definition) is 2. The molecule has 0 aliphatic rings. The summed E-state index contributed by atoms with van der Waals surface area (Å²) >= 11 is 0. The van der Waals surface area contributed by atoms with Crippen LogP contribution in [0.4, 0.5) is 0 Å². The Morgan fingerprint density at radius 3 is 2.75 bits per heavy atom. The predicted octanol–water partition coefficient (Wildman–Crippen LogP) is 1.53. The van der Waals surface area contributed by atoms with Gasteiger partial charge in [0.2, 0.25) is 0 Å². The van der Waals surface area contributed by atoms with Crippen LogP contribution >= 0.6 is 0 Å². The van der Waals surface area contributed by atoms with Gasteiger partial charge in [-0.1, -0.05) is 13.3 Å². The van der Waals surface area contributed by atoms with Crippen molar-refractivity contribution in [2.45, 2.75) is 32.7 Å². The summed E-state index contributed by atoms with van der Waals surface area (Å²) in [5.41, 5.74) is 7.09. The Balaban J connectivity index is 2.80. The highest BCUT2D eigenvalue weighted by Crippen LogP contribution is 2.15. The zero-order valence-electron chi connectivity index (χ0n) is 8.04. The van der Waals surface area contributed by atoms with E-state index in [0.717, 1.165) is 24.4 Å². The quantitative estimate of drug-likeness (QED) is 0.742. The fraction of sp³-hybridized carbons (Fsp3) is 0.667. The maximum absolute atomic E-state index is 5.96. The molecule has 1 unspecified atom stereocenters. The molecule has 0 aliphatic heterocycles. The summed E-state index contributed by atoms with van der Waals surface area (Å²) in [6.45, 7) is 4.13. The van der Waals surface area contributed by atoms with Crippen molar-refractivity contribution in [1.82, 2.24) is 9.55 Å². The first-order chi connectivity index (χ1) is 5.66. The van der Waals surface area contributed by atoms with E-state index in [1.54, 1.807) is 0 Å². The molecule has 0 spiro atoms. The van der Waals surface area contributed by atoms with Gasteiger partial charge in [0.25, 0.3) is 0 Å². The second kappa shape index (κ2) is 3.72. The molecule has 1 aromatic heterocycles. The molecule has 1 heterocycles. The van der Waals surface area contributed by atoms with Gasteiger partial charge < -0.3 is 10.3 Å². The lowest BCUT2D eigenvalue weighted by molar-refractivity contribution is 0.593. The summed E-state index contributed by atoms with van der Waals surface area (Å²) in [5, 5.41) is 0. The minimum Gasteiger partial charge on any atom is -0.334 e. The van der Waals surface area contributed by atoms with Crippen LogP contribution in [0.5, 0.6) is 0 Å². The van der Waals surface area contributed by atoms with Crippen LogP contribution in [0.15, 0.2) is 6.20 Å². The molecular weight excluding hydrogens is 150 g/mol. The number of imidazole rings is 1. The summed E-state index contributed by atoms with van der Waals surface area (Å²) in [4.78, 5) is 4.20. The van der Waals surface area contributed by atoms with E-state index < -0.39 is 0 Å². The summed E-state index contributed by atoms with van der Waals surface area (Å²) in [5.74, 6) is 1.02. The minimum atomic E-state index is 0.140. The first kappa shape index (κ1) is 9.26. The molecule has 0 saturated heterocycles. The molecule has 0 aliphatic carbocycles. The Morgan fingerprint density at radius 1 is 1.67 bits per heavy atom. The summed E-state index contributed by atoms with van der Waals surface area (Å²) in [6.07, 6.45) is 4.01. The standard InChI is InChI=1S/C9H17N3/c1-4-5-8(10)9-6-11-7(2)12(9)3/h6,8H,4-5,10H2,1-3H3. The Bertz CT molecular complexity index is 252. The van der Waals surface area contributed by atoms with Gasteiger partial charge in [0.1, 0.15) is 5.82 Å². The second-order valence-electron chi connectivity index (χ2n) is 3.18. The number of aromatic nitrogens is 2. The largest absolute Gasteiger partial charge is 0.334 e. The highest BCUT2D eigenvalue weighted by Gasteiger charge is 2.09. The van der Waals surface area contributed by atoms with Gasteiger partial charge in [-0.2, -0.15) is 0 Å². The van der Waals surface area contributed by atoms with E-state index in [-0.39, 0.29) is 6.04 Å². The molecule has 3 nitrogen and oxygen atoms in total. The lowest BCUT2D eigenvalue weighted by atomic mass is 10.1. The lowest BCUT2D eigenvalue weighted by Crippen LogP contribution is -2.13. The van der Waals surface area contributed by atoms with Crippen molar-refractivity contribution in [3.63, 3.8) is 0 Å². The Labute approximate surface area is 73.6 Å². The molecule has 1 rings (SSSR count). The zero-order valence-corrected chi connectivity index (χ0v) is 8.04. The van der Waals surface area contributed by atoms with Crippen molar-refractivity contribution in [2.24, 2.45) is 12.8 Å². The molecular formula is C9H17N3. The van der Waals surface area contributed by atoms with Gasteiger partial charge in [-0.15, -0.1) is 0 Å². The molecule has 0 amide bonds. The van der Waals surface area contributed by atoms with Gasteiger partial charge in [-0.05, 0) is 13.3 Å². The van der Waals surface area contributed by atoms with E-state index in [0.29, 0.717) is 0 Å². The van der Waals surface area contributed by atoms with E-state index in [4.69, 9.17) is 5.73 Å².